The lowest BCUT2D eigenvalue weighted by Crippen LogP contribution is -2.48. The average Bonchev–Trinajstić information content (AvgIpc) is 3.51. The van der Waals surface area contributed by atoms with Crippen molar-refractivity contribution < 1.29 is 32.2 Å². The molecular weight excluding hydrogens is 541 g/mol. The largest absolute Gasteiger partial charge is 0.463 e. The number of urea groups is 1. The Balaban J connectivity index is 1.19. The smallest absolute Gasteiger partial charge is 0.416 e. The molecule has 2 aromatic heterocycles. The summed E-state index contributed by atoms with van der Waals surface area (Å²) in [7, 11) is 0. The predicted molar refractivity (Wildman–Crippen MR) is 144 cm³/mol. The van der Waals surface area contributed by atoms with Crippen LogP contribution in [0.5, 0.6) is 6.01 Å². The number of aromatic nitrogens is 3. The Kier molecular flexibility index (Phi) is 6.94. The molecule has 6 rings (SSSR count). The molecule has 0 aliphatic carbocycles. The van der Waals surface area contributed by atoms with E-state index in [1.165, 1.54) is 12.3 Å². The maximum Gasteiger partial charge on any atom is 0.416 e. The molecule has 2 amide bonds. The molecule has 10 nitrogen and oxygen atoms in total. The first-order valence-corrected chi connectivity index (χ1v) is 13.4. The minimum Gasteiger partial charge on any atom is -0.463 e. The summed E-state index contributed by atoms with van der Waals surface area (Å²) in [6, 6.07) is 9.55. The van der Waals surface area contributed by atoms with Crippen LogP contribution in [0.2, 0.25) is 0 Å². The van der Waals surface area contributed by atoms with Crippen LogP contribution < -0.4 is 19.9 Å². The Hall–Kier alpha value is -3.97. The van der Waals surface area contributed by atoms with Crippen molar-refractivity contribution in [2.45, 2.75) is 50.8 Å². The number of ether oxygens (including phenoxy) is 3. The summed E-state index contributed by atoms with van der Waals surface area (Å²) >= 11 is 0. The highest BCUT2D eigenvalue weighted by molar-refractivity contribution is 6.04. The number of benzene rings is 1. The second-order valence-electron chi connectivity index (χ2n) is 10.6. The van der Waals surface area contributed by atoms with Gasteiger partial charge in [0.15, 0.2) is 11.6 Å². The molecule has 216 valence electrons. The zero-order valence-electron chi connectivity index (χ0n) is 22.5. The quantitative estimate of drug-likeness (QED) is 0.437. The van der Waals surface area contributed by atoms with Gasteiger partial charge in [-0.1, -0.05) is 12.1 Å². The molecule has 0 saturated carbocycles. The van der Waals surface area contributed by atoms with Crippen molar-refractivity contribution in [3.8, 4) is 17.3 Å². The van der Waals surface area contributed by atoms with Gasteiger partial charge in [-0.25, -0.2) is 14.8 Å². The highest BCUT2D eigenvalue weighted by Gasteiger charge is 2.40. The Bertz CT molecular complexity index is 1450. The number of anilines is 3. The minimum absolute atomic E-state index is 0.0913. The highest BCUT2D eigenvalue weighted by Crippen LogP contribution is 2.41. The van der Waals surface area contributed by atoms with Gasteiger partial charge in [0.1, 0.15) is 5.82 Å². The predicted octanol–water partition coefficient (Wildman–Crippen LogP) is 5.11. The van der Waals surface area contributed by atoms with Crippen LogP contribution in [0.1, 0.15) is 32.3 Å². The van der Waals surface area contributed by atoms with E-state index in [0.717, 1.165) is 30.8 Å². The molecule has 5 heterocycles. The Labute approximate surface area is 234 Å². The summed E-state index contributed by atoms with van der Waals surface area (Å²) in [5.41, 5.74) is 0.639. The van der Waals surface area contributed by atoms with Crippen molar-refractivity contribution in [2.75, 3.05) is 41.4 Å². The zero-order valence-corrected chi connectivity index (χ0v) is 22.5. The van der Waals surface area contributed by atoms with Gasteiger partial charge < -0.3 is 19.1 Å². The van der Waals surface area contributed by atoms with Crippen molar-refractivity contribution in [1.82, 2.24) is 15.0 Å². The molecule has 1 N–H and O–H groups in total. The molecule has 0 radical (unpaired) electrons. The van der Waals surface area contributed by atoms with Gasteiger partial charge in [0.05, 0.1) is 42.3 Å². The number of amides is 2. The van der Waals surface area contributed by atoms with Crippen LogP contribution in [0.4, 0.5) is 35.3 Å². The van der Waals surface area contributed by atoms with E-state index in [0.29, 0.717) is 43.3 Å². The third-order valence-electron chi connectivity index (χ3n) is 7.26. The fraction of sp³-hybridized carbons (Fsp3) is 0.429. The highest BCUT2D eigenvalue weighted by atomic mass is 19.4. The van der Waals surface area contributed by atoms with Crippen LogP contribution in [0, 0.1) is 0 Å². The van der Waals surface area contributed by atoms with E-state index in [2.05, 4.69) is 25.2 Å². The summed E-state index contributed by atoms with van der Waals surface area (Å²) in [5, 5.41) is 2.81. The second-order valence-corrected chi connectivity index (χ2v) is 10.6. The first-order valence-electron chi connectivity index (χ1n) is 13.4. The third kappa shape index (κ3) is 5.77. The normalized spacial score (nSPS) is 21.1. The van der Waals surface area contributed by atoms with E-state index < -0.39 is 23.6 Å². The van der Waals surface area contributed by atoms with E-state index in [-0.39, 0.29) is 24.0 Å². The standard InChI is InChI=1S/C28H29F3N6O4/c1-27(2)40-16-20(41-27)10-13-39-25-32-11-8-23(34-25)35-26(38)37-19-9-12-36(15-19)22-7-6-21(33-24(22)37)17-4-3-5-18(14-17)28(29,30)31/h3-8,11,14,19-20H,9-10,12-13,15-16H2,1-2H3,(H,32,34,35,38)/t19-,20+/m0/s1. The van der Waals surface area contributed by atoms with Crippen LogP contribution >= 0.6 is 0 Å². The molecule has 2 fully saturated rings. The molecule has 13 heteroatoms. The lowest BCUT2D eigenvalue weighted by atomic mass is 10.1. The summed E-state index contributed by atoms with van der Waals surface area (Å²) < 4.78 is 57.0. The number of hydrogen-bond acceptors (Lipinski definition) is 8. The van der Waals surface area contributed by atoms with Crippen molar-refractivity contribution in [1.29, 1.82) is 0 Å². The van der Waals surface area contributed by atoms with Gasteiger partial charge in [0.2, 0.25) is 0 Å². The Morgan fingerprint density at radius 3 is 2.83 bits per heavy atom. The first kappa shape index (κ1) is 27.2. The maximum atomic E-state index is 13.6. The van der Waals surface area contributed by atoms with Gasteiger partial charge in [-0.15, -0.1) is 0 Å². The van der Waals surface area contributed by atoms with Gasteiger partial charge in [-0.2, -0.15) is 18.2 Å². The van der Waals surface area contributed by atoms with Crippen LogP contribution in [-0.4, -0.2) is 65.2 Å². The fourth-order valence-electron chi connectivity index (χ4n) is 5.32. The Morgan fingerprint density at radius 2 is 2.05 bits per heavy atom. The minimum atomic E-state index is -4.48. The van der Waals surface area contributed by atoms with Crippen LogP contribution in [-0.2, 0) is 15.7 Å². The van der Waals surface area contributed by atoms with Crippen LogP contribution in [0.15, 0.2) is 48.7 Å². The lowest BCUT2D eigenvalue weighted by Gasteiger charge is -2.35. The molecule has 41 heavy (non-hydrogen) atoms. The molecule has 2 bridgehead atoms. The number of nitrogens with one attached hydrogen (secondary N) is 1. The van der Waals surface area contributed by atoms with E-state index in [1.54, 1.807) is 29.2 Å². The molecule has 0 unspecified atom stereocenters. The van der Waals surface area contributed by atoms with E-state index >= 15 is 0 Å². The molecule has 0 spiro atoms. The number of halogens is 3. The number of carbonyl (C=O) groups excluding carboxylic acids is 1. The number of rotatable bonds is 6. The lowest BCUT2D eigenvalue weighted by molar-refractivity contribution is -0.139. The van der Waals surface area contributed by atoms with Crippen molar-refractivity contribution in [3.63, 3.8) is 0 Å². The van der Waals surface area contributed by atoms with Crippen LogP contribution in [0.3, 0.4) is 0 Å². The summed E-state index contributed by atoms with van der Waals surface area (Å²) in [6.45, 7) is 5.87. The number of nitrogens with zero attached hydrogens (tertiary/aromatic N) is 5. The summed E-state index contributed by atoms with van der Waals surface area (Å²) in [5.74, 6) is 0.0216. The fourth-order valence-corrected chi connectivity index (χ4v) is 5.32. The van der Waals surface area contributed by atoms with Crippen molar-refractivity contribution >= 4 is 23.4 Å². The van der Waals surface area contributed by atoms with Crippen molar-refractivity contribution in [2.24, 2.45) is 0 Å². The number of carbonyl (C=O) groups is 1. The molecule has 3 aromatic rings. The average molecular weight is 571 g/mol. The molecular formula is C28H29F3N6O4. The summed E-state index contributed by atoms with van der Waals surface area (Å²) in [4.78, 5) is 30.4. The first-order chi connectivity index (χ1) is 19.6. The van der Waals surface area contributed by atoms with Gasteiger partial charge >= 0.3 is 18.2 Å². The summed E-state index contributed by atoms with van der Waals surface area (Å²) in [6.07, 6.45) is -1.76. The monoisotopic (exact) mass is 570 g/mol. The van der Waals surface area contributed by atoms with E-state index in [9.17, 15) is 18.0 Å². The topological polar surface area (TPSA) is 102 Å². The number of pyridine rings is 1. The second kappa shape index (κ2) is 10.5. The van der Waals surface area contributed by atoms with E-state index in [4.69, 9.17) is 14.2 Å². The van der Waals surface area contributed by atoms with Gasteiger partial charge in [0.25, 0.3) is 0 Å². The molecule has 2 saturated heterocycles. The van der Waals surface area contributed by atoms with Crippen LogP contribution in [0.25, 0.3) is 11.3 Å². The van der Waals surface area contributed by atoms with Gasteiger partial charge in [-0.3, -0.25) is 10.2 Å². The van der Waals surface area contributed by atoms with Crippen molar-refractivity contribution in [3.05, 3.63) is 54.2 Å². The molecule has 1 aromatic carbocycles. The number of hydrogen-bond donors (Lipinski definition) is 1. The molecule has 2 atom stereocenters. The number of fused-ring (bicyclic) bond motifs is 4. The SMILES string of the molecule is CC1(C)OC[C@@H](CCOc2nccc(NC(=O)N3c4nc(-c5cccc(C(F)(F)F)c5)ccc4N4CC[C@H]3C4)n2)O1. The molecule has 3 aliphatic heterocycles. The zero-order chi connectivity index (χ0) is 28.8. The van der Waals surface area contributed by atoms with E-state index in [1.807, 2.05) is 13.8 Å². The number of alkyl halides is 3. The van der Waals surface area contributed by atoms with Gasteiger partial charge in [0, 0.05) is 31.3 Å². The third-order valence-corrected chi connectivity index (χ3v) is 7.26. The Morgan fingerprint density at radius 1 is 1.20 bits per heavy atom. The maximum absolute atomic E-state index is 13.6. The van der Waals surface area contributed by atoms with Gasteiger partial charge in [-0.05, 0) is 50.6 Å². The molecule has 3 aliphatic rings.